The van der Waals surface area contributed by atoms with Crippen LogP contribution >= 0.6 is 0 Å². The highest BCUT2D eigenvalue weighted by Gasteiger charge is 2.69. The van der Waals surface area contributed by atoms with Gasteiger partial charge in [0.25, 0.3) is 5.91 Å². The minimum atomic E-state index is -4.79. The van der Waals surface area contributed by atoms with E-state index in [9.17, 15) is 32.4 Å². The molecule has 4 rings (SSSR count). The van der Waals surface area contributed by atoms with Crippen molar-refractivity contribution in [2.75, 3.05) is 12.3 Å². The van der Waals surface area contributed by atoms with Gasteiger partial charge in [-0.05, 0) is 75.4 Å². The minimum Gasteiger partial charge on any atom is -0.347 e. The fourth-order valence-electron chi connectivity index (χ4n) is 6.70. The van der Waals surface area contributed by atoms with Gasteiger partial charge in [-0.1, -0.05) is 73.5 Å². The molecule has 0 bridgehead atoms. The summed E-state index contributed by atoms with van der Waals surface area (Å²) in [5.41, 5.74) is -5.38. The van der Waals surface area contributed by atoms with Crippen molar-refractivity contribution in [2.45, 2.75) is 161 Å². The third-order valence-electron chi connectivity index (χ3n) is 10.2. The number of sulfone groups is 1. The highest BCUT2D eigenvalue weighted by Crippen LogP contribution is 2.65. The third kappa shape index (κ3) is 8.87. The highest BCUT2D eigenvalue weighted by atomic mass is 32.2. The van der Waals surface area contributed by atoms with Crippen LogP contribution in [0.25, 0.3) is 0 Å². The number of carbonyl (C=O) groups is 5. The molecule has 0 aromatic rings. The minimum absolute atomic E-state index is 0.00716. The van der Waals surface area contributed by atoms with Crippen LogP contribution in [0.1, 0.15) is 148 Å². The first kappa shape index (κ1) is 26.3. The lowest BCUT2D eigenvalue weighted by atomic mass is 9.83. The average Bonchev–Trinajstić information content (AvgIpc) is 3.93. The Morgan fingerprint density at radius 2 is 1.61 bits per heavy atom. The monoisotopic (exact) mass is 718 g/mol. The quantitative estimate of drug-likeness (QED) is 0.220. The van der Waals surface area contributed by atoms with Gasteiger partial charge in [-0.2, -0.15) is 0 Å². The molecule has 3 N–H and O–H groups in total. The van der Waals surface area contributed by atoms with Crippen molar-refractivity contribution in [3.05, 3.63) is 0 Å². The van der Waals surface area contributed by atoms with E-state index in [-0.39, 0.29) is 24.9 Å². The van der Waals surface area contributed by atoms with Gasteiger partial charge in [0.2, 0.25) is 11.7 Å². The van der Waals surface area contributed by atoms with Crippen molar-refractivity contribution in [3.8, 4) is 0 Å². The van der Waals surface area contributed by atoms with Crippen LogP contribution in [0.15, 0.2) is 0 Å². The van der Waals surface area contributed by atoms with E-state index in [1.165, 1.54) is 46.4 Å². The number of hydrogen-bond donors (Lipinski definition) is 3. The Hall–Kier alpha value is -2.50. The molecule has 12 heteroatoms. The number of amides is 4. The maximum atomic E-state index is 14.7. The number of ketones is 2. The van der Waals surface area contributed by atoms with Gasteiger partial charge in [-0.3, -0.25) is 19.2 Å². The summed E-state index contributed by atoms with van der Waals surface area (Å²) in [6.07, 6.45) is -18.3. The molecule has 0 unspecified atom stereocenters. The van der Waals surface area contributed by atoms with Crippen LogP contribution in [0.2, 0.25) is 0 Å². The summed E-state index contributed by atoms with van der Waals surface area (Å²) in [6.45, 7) is 13.7. The Labute approximate surface area is 309 Å². The van der Waals surface area contributed by atoms with Gasteiger partial charge in [0, 0.05) is 40.0 Å². The van der Waals surface area contributed by atoms with E-state index in [0.717, 1.165) is 0 Å². The average molecular weight is 718 g/mol. The Morgan fingerprint density at radius 3 is 2.14 bits per heavy atom. The lowest BCUT2D eigenvalue weighted by Crippen LogP contribution is -2.63. The number of Topliss-reactive ketones (excluding diaryl/α,β-unsaturated/α-hetero) is 2. The second-order valence-corrected chi connectivity index (χ2v) is 19.4. The molecule has 1 aliphatic heterocycles. The molecule has 3 aliphatic carbocycles. The van der Waals surface area contributed by atoms with Crippen molar-refractivity contribution in [3.63, 3.8) is 0 Å². The van der Waals surface area contributed by atoms with Crippen molar-refractivity contribution in [2.24, 2.45) is 28.6 Å². The fraction of sp³-hybridized carbons (Fsp3) is 0.865. The maximum Gasteiger partial charge on any atom is 0.315 e. The third-order valence-corrected chi connectivity index (χ3v) is 12.9. The lowest BCUT2D eigenvalue weighted by Gasteiger charge is -2.41. The number of piperidine rings is 1. The molecule has 11 nitrogen and oxygen atoms in total. The predicted molar refractivity (Wildman–Crippen MR) is 189 cm³/mol. The highest BCUT2D eigenvalue weighted by molar-refractivity contribution is 7.92. The zero-order chi connectivity index (χ0) is 46.6. The molecule has 1 saturated heterocycles. The van der Waals surface area contributed by atoms with E-state index in [1.54, 1.807) is 0 Å². The maximum absolute atomic E-state index is 14.7. The molecule has 5 atom stereocenters. The molecule has 4 amide bonds. The van der Waals surface area contributed by atoms with Gasteiger partial charge < -0.3 is 20.9 Å². The molecule has 0 aromatic carbocycles. The Morgan fingerprint density at radius 1 is 1.00 bits per heavy atom. The van der Waals surface area contributed by atoms with Gasteiger partial charge in [0.05, 0.1) is 22.1 Å². The number of likely N-dealkylation sites (tertiary alicyclic amines) is 1. The first-order valence-corrected chi connectivity index (χ1v) is 18.8. The van der Waals surface area contributed by atoms with E-state index in [1.807, 2.05) is 26.1 Å². The van der Waals surface area contributed by atoms with Gasteiger partial charge in [-0.15, -0.1) is 0 Å². The zero-order valence-corrected chi connectivity index (χ0v) is 31.1. The molecule has 278 valence electrons. The lowest BCUT2D eigenvalue weighted by molar-refractivity contribution is -0.145. The van der Waals surface area contributed by atoms with Crippen LogP contribution in [-0.4, -0.2) is 83.4 Å². The van der Waals surface area contributed by atoms with Gasteiger partial charge in [-0.25, -0.2) is 13.2 Å². The smallest absolute Gasteiger partial charge is 0.315 e. The number of urea groups is 1. The molecule has 4 aliphatic rings. The molecular weight excluding hydrogens is 644 g/mol. The first-order valence-electron chi connectivity index (χ1n) is 22.7. The van der Waals surface area contributed by atoms with Crippen LogP contribution in [0, 0.1) is 28.6 Å². The summed E-state index contributed by atoms with van der Waals surface area (Å²) < 4.78 is 121. The second kappa shape index (κ2) is 14.3. The first-order chi connectivity index (χ1) is 26.7. The van der Waals surface area contributed by atoms with E-state index in [4.69, 9.17) is 15.1 Å². The molecule has 0 radical (unpaired) electrons. The number of nitrogens with zero attached hydrogens (tertiary/aromatic N) is 1. The van der Waals surface area contributed by atoms with E-state index in [2.05, 4.69) is 10.6 Å². The van der Waals surface area contributed by atoms with Crippen molar-refractivity contribution >= 4 is 39.2 Å². The number of fused-ring (bicyclic) bond motifs is 1. The SMILES string of the molecule is [2H]C1([2H])C([2H])([2H])C([2H])([2H])C(CS(=O)(=O)C(C)(C)C)(NC(=O)N[C@H](C(=O)N2C[C@H]3[C@@H]([C@H]2C(=O)C[C@]([2H])(CCCC)C(=O)C(=O)NC2CC2)C3(C)C)C(C)(C)C)C([2H])([2H])C1([2H])[2H]. The summed E-state index contributed by atoms with van der Waals surface area (Å²) in [4.78, 5) is 71.0. The summed E-state index contributed by atoms with van der Waals surface area (Å²) in [5, 5.41) is 6.88. The zero-order valence-electron chi connectivity index (χ0n) is 41.3. The molecule has 4 fully saturated rings. The van der Waals surface area contributed by atoms with E-state index in [0.29, 0.717) is 25.7 Å². The van der Waals surface area contributed by atoms with Crippen molar-refractivity contribution in [1.29, 1.82) is 0 Å². The van der Waals surface area contributed by atoms with Crippen molar-refractivity contribution in [1.82, 2.24) is 20.9 Å². The molecule has 0 spiro atoms. The topological polar surface area (TPSA) is 159 Å². The van der Waals surface area contributed by atoms with E-state index >= 15 is 0 Å². The second-order valence-electron chi connectivity index (χ2n) is 16.6. The summed E-state index contributed by atoms with van der Waals surface area (Å²) in [6, 6.07) is -4.64. The van der Waals surface area contributed by atoms with Crippen LogP contribution in [0.5, 0.6) is 0 Å². The van der Waals surface area contributed by atoms with Crippen LogP contribution in [-0.2, 0) is 29.0 Å². The molecule has 1 heterocycles. The molecule has 49 heavy (non-hydrogen) atoms. The number of carbonyl (C=O) groups excluding carboxylic acids is 5. The number of rotatable bonds is 14. The summed E-state index contributed by atoms with van der Waals surface area (Å²) in [7, 11) is -4.79. The molecule has 3 saturated carbocycles. The summed E-state index contributed by atoms with van der Waals surface area (Å²) in [5.74, 6) is -8.03. The number of unbranched alkanes of at least 4 members (excludes halogenated alkanes) is 1. The van der Waals surface area contributed by atoms with Crippen LogP contribution in [0.4, 0.5) is 4.79 Å². The molecular formula is C37H62N4O7S. The fourth-order valence-corrected chi connectivity index (χ4v) is 7.91. The van der Waals surface area contributed by atoms with Gasteiger partial charge in [0.1, 0.15) is 6.04 Å². The largest absolute Gasteiger partial charge is 0.347 e. The number of hydrogen-bond acceptors (Lipinski definition) is 7. The van der Waals surface area contributed by atoms with Crippen molar-refractivity contribution < 1.29 is 47.5 Å². The summed E-state index contributed by atoms with van der Waals surface area (Å²) >= 11 is 0. The van der Waals surface area contributed by atoms with Gasteiger partial charge in [0.15, 0.2) is 15.6 Å². The van der Waals surface area contributed by atoms with Gasteiger partial charge >= 0.3 is 6.03 Å². The Balaban J connectivity index is 1.76. The standard InChI is InChI=1S/C37H62N4O7S/c1-10-11-15-23(29(43)31(44)38-24-16-17-24)20-26(42)28-27-25(36(27,8)9)21-41(28)32(45)30(34(2,3)4)39-33(46)40-37(18-13-12-14-19-37)22-49(47,48)35(5,6)7/h23-25,27-28,30H,10-22H2,1-9H3,(H,38,44)(H2,39,40,46)/t23-,25-,27-,28+,30+/m0/s1/i12D2,13D2,14D2,18D2,19D2,23D. The number of nitrogens with one attached hydrogen (secondary N) is 3. The van der Waals surface area contributed by atoms with E-state index < -0.39 is 128 Å². The Bertz CT molecular complexity index is 1860. The molecule has 0 aromatic heterocycles. The van der Waals surface area contributed by atoms with Crippen LogP contribution in [0.3, 0.4) is 0 Å². The normalized spacial score (nSPS) is 34.9. The Kier molecular flexibility index (Phi) is 7.65. The predicted octanol–water partition coefficient (Wildman–Crippen LogP) is 4.71. The van der Waals surface area contributed by atoms with Crippen LogP contribution < -0.4 is 16.0 Å².